The Bertz CT molecular complexity index is 765. The van der Waals surface area contributed by atoms with Crippen molar-refractivity contribution in [3.05, 3.63) is 39.9 Å². The molecule has 0 N–H and O–H groups in total. The van der Waals surface area contributed by atoms with Crippen molar-refractivity contribution in [1.29, 1.82) is 0 Å². The molecular formula is C14H16N2O4S2. The van der Waals surface area contributed by atoms with Gasteiger partial charge in [0.25, 0.3) is 5.91 Å². The molecule has 3 heterocycles. The minimum Gasteiger partial charge on any atom is -0.361 e. The van der Waals surface area contributed by atoms with Crippen LogP contribution < -0.4 is 0 Å². The Morgan fingerprint density at radius 1 is 1.45 bits per heavy atom. The number of carbonyl (C=O) groups excluding carboxylic acids is 1. The average Bonchev–Trinajstić information content (AvgIpc) is 3.10. The van der Waals surface area contributed by atoms with Crippen molar-refractivity contribution in [3.8, 4) is 0 Å². The van der Waals surface area contributed by atoms with Gasteiger partial charge in [-0.1, -0.05) is 11.2 Å². The van der Waals surface area contributed by atoms with E-state index < -0.39 is 15.1 Å². The van der Waals surface area contributed by atoms with Crippen molar-refractivity contribution in [2.24, 2.45) is 0 Å². The summed E-state index contributed by atoms with van der Waals surface area (Å²) in [6.45, 7) is 2.30. The second-order valence-electron chi connectivity index (χ2n) is 5.27. The first-order valence-corrected chi connectivity index (χ1v) is 9.54. The number of hydrogen-bond donors (Lipinski definition) is 0. The van der Waals surface area contributed by atoms with Gasteiger partial charge in [0.1, 0.15) is 5.76 Å². The van der Waals surface area contributed by atoms with Gasteiger partial charge in [-0.15, -0.1) is 11.3 Å². The van der Waals surface area contributed by atoms with Crippen molar-refractivity contribution in [1.82, 2.24) is 10.1 Å². The first-order chi connectivity index (χ1) is 10.5. The summed E-state index contributed by atoms with van der Waals surface area (Å²) in [5, 5.41) is 5.06. The maximum Gasteiger partial charge on any atom is 0.276 e. The van der Waals surface area contributed by atoms with Crippen LogP contribution in [0.25, 0.3) is 0 Å². The topological polar surface area (TPSA) is 80.5 Å². The smallest absolute Gasteiger partial charge is 0.276 e. The van der Waals surface area contributed by atoms with E-state index in [0.29, 0.717) is 18.7 Å². The normalized spacial score (nSPS) is 21.5. The summed E-state index contributed by atoms with van der Waals surface area (Å²) in [5.74, 6) is 0.249. The minimum atomic E-state index is -3.25. The molecule has 0 aliphatic carbocycles. The monoisotopic (exact) mass is 340 g/mol. The second-order valence-corrected chi connectivity index (χ2v) is 8.56. The van der Waals surface area contributed by atoms with Crippen molar-refractivity contribution in [3.63, 3.8) is 0 Å². The van der Waals surface area contributed by atoms with Gasteiger partial charge in [-0.25, -0.2) is 8.42 Å². The summed E-state index contributed by atoms with van der Waals surface area (Å²) in [4.78, 5) is 14.8. The van der Waals surface area contributed by atoms with Crippen LogP contribution in [0.3, 0.4) is 0 Å². The van der Waals surface area contributed by atoms with Gasteiger partial charge in [0.15, 0.2) is 15.5 Å². The lowest BCUT2D eigenvalue weighted by Gasteiger charge is -2.18. The molecule has 1 fully saturated rings. The van der Waals surface area contributed by atoms with Gasteiger partial charge in [-0.3, -0.25) is 4.79 Å². The number of thiophene rings is 1. The molecule has 0 saturated carbocycles. The molecule has 1 aliphatic heterocycles. The van der Waals surface area contributed by atoms with Gasteiger partial charge < -0.3 is 9.42 Å². The highest BCUT2D eigenvalue weighted by atomic mass is 32.2. The first kappa shape index (κ1) is 15.2. The van der Waals surface area contributed by atoms with Gasteiger partial charge in [-0.2, -0.15) is 0 Å². The average molecular weight is 340 g/mol. The molecule has 22 heavy (non-hydrogen) atoms. The van der Waals surface area contributed by atoms with Crippen molar-refractivity contribution in [2.45, 2.75) is 18.6 Å². The van der Waals surface area contributed by atoms with Crippen LogP contribution >= 0.6 is 11.3 Å². The van der Waals surface area contributed by atoms with E-state index in [1.54, 1.807) is 17.9 Å². The zero-order valence-corrected chi connectivity index (χ0v) is 13.7. The maximum atomic E-state index is 12.4. The molecule has 1 aliphatic rings. The van der Waals surface area contributed by atoms with Crippen molar-refractivity contribution < 1.29 is 17.7 Å². The second kappa shape index (κ2) is 5.85. The summed E-state index contributed by atoms with van der Waals surface area (Å²) in [5.41, 5.74) is 0.226. The number of carbonyl (C=O) groups is 1. The van der Waals surface area contributed by atoms with E-state index in [9.17, 15) is 13.2 Å². The largest absolute Gasteiger partial charge is 0.361 e. The number of amides is 1. The lowest BCUT2D eigenvalue weighted by Crippen LogP contribution is -2.33. The third-order valence-corrected chi connectivity index (χ3v) is 6.98. The van der Waals surface area contributed by atoms with Crippen molar-refractivity contribution in [2.75, 3.05) is 18.8 Å². The molecule has 1 amide bonds. The van der Waals surface area contributed by atoms with Gasteiger partial charge >= 0.3 is 0 Å². The zero-order chi connectivity index (χ0) is 15.7. The standard InChI is InChI=1S/C14H16N2O4S2/c1-10-9-11(15-20-10)14(17)16-5-4-13(12-3-2-7-21-12)22(18,19)8-6-16/h2-3,7,9,13H,4-6,8H2,1H3/t13-/m0/s1. The SMILES string of the molecule is Cc1cc(C(=O)N2CC[C@@H](c3cccs3)S(=O)(=O)CC2)no1. The quantitative estimate of drug-likeness (QED) is 0.836. The number of rotatable bonds is 2. The minimum absolute atomic E-state index is 0.0296. The Kier molecular flexibility index (Phi) is 4.05. The third kappa shape index (κ3) is 2.93. The Labute approximate surface area is 132 Å². The lowest BCUT2D eigenvalue weighted by molar-refractivity contribution is 0.0756. The molecule has 2 aromatic rings. The number of hydrogen-bond acceptors (Lipinski definition) is 6. The Hall–Kier alpha value is -1.67. The van der Waals surface area contributed by atoms with E-state index in [2.05, 4.69) is 5.16 Å². The summed E-state index contributed by atoms with van der Waals surface area (Å²) in [6.07, 6.45) is 0.408. The van der Waals surface area contributed by atoms with Crippen LogP contribution in [0, 0.1) is 6.92 Å². The van der Waals surface area contributed by atoms with E-state index in [0.717, 1.165) is 4.88 Å². The van der Waals surface area contributed by atoms with Crippen LogP contribution in [0.4, 0.5) is 0 Å². The van der Waals surface area contributed by atoms with E-state index in [1.165, 1.54) is 11.3 Å². The predicted molar refractivity (Wildman–Crippen MR) is 82.6 cm³/mol. The number of sulfone groups is 1. The molecule has 118 valence electrons. The number of aryl methyl sites for hydroxylation is 1. The summed E-state index contributed by atoms with van der Waals surface area (Å²) < 4.78 is 29.8. The zero-order valence-electron chi connectivity index (χ0n) is 12.1. The van der Waals surface area contributed by atoms with Crippen LogP contribution in [0.2, 0.25) is 0 Å². The number of aromatic nitrogens is 1. The van der Waals surface area contributed by atoms with Crippen LogP contribution in [-0.4, -0.2) is 43.2 Å². The molecule has 1 saturated heterocycles. The Balaban J connectivity index is 1.80. The molecular weight excluding hydrogens is 324 g/mol. The fraction of sp³-hybridized carbons (Fsp3) is 0.429. The number of nitrogens with zero attached hydrogens (tertiary/aromatic N) is 2. The van der Waals surface area contributed by atoms with E-state index in [4.69, 9.17) is 4.52 Å². The molecule has 0 radical (unpaired) electrons. The Morgan fingerprint density at radius 3 is 2.91 bits per heavy atom. The molecule has 6 nitrogen and oxygen atoms in total. The van der Waals surface area contributed by atoms with Crippen molar-refractivity contribution >= 4 is 27.1 Å². The first-order valence-electron chi connectivity index (χ1n) is 6.95. The fourth-order valence-corrected chi connectivity index (χ4v) is 5.57. The van der Waals surface area contributed by atoms with Crippen LogP contribution in [0.15, 0.2) is 28.1 Å². The van der Waals surface area contributed by atoms with Gasteiger partial charge in [0.2, 0.25) is 0 Å². The highest BCUT2D eigenvalue weighted by Gasteiger charge is 2.34. The van der Waals surface area contributed by atoms with Gasteiger partial charge in [-0.05, 0) is 24.8 Å². The summed E-state index contributed by atoms with van der Waals surface area (Å²) in [7, 11) is -3.25. The molecule has 3 rings (SSSR count). The molecule has 1 atom stereocenters. The summed E-state index contributed by atoms with van der Waals surface area (Å²) >= 11 is 1.44. The molecule has 0 aromatic carbocycles. The lowest BCUT2D eigenvalue weighted by atomic mass is 10.2. The third-order valence-electron chi connectivity index (χ3n) is 3.74. The molecule has 0 unspecified atom stereocenters. The highest BCUT2D eigenvalue weighted by molar-refractivity contribution is 7.91. The van der Waals surface area contributed by atoms with Crippen LogP contribution in [0.5, 0.6) is 0 Å². The molecule has 0 bridgehead atoms. The van der Waals surface area contributed by atoms with E-state index in [-0.39, 0.29) is 23.9 Å². The van der Waals surface area contributed by atoms with Crippen LogP contribution in [-0.2, 0) is 9.84 Å². The molecule has 8 heteroatoms. The highest BCUT2D eigenvalue weighted by Crippen LogP contribution is 2.32. The van der Waals surface area contributed by atoms with Crippen LogP contribution in [0.1, 0.15) is 32.8 Å². The Morgan fingerprint density at radius 2 is 2.27 bits per heavy atom. The summed E-state index contributed by atoms with van der Waals surface area (Å²) in [6, 6.07) is 5.26. The molecule has 0 spiro atoms. The fourth-order valence-electron chi connectivity index (χ4n) is 2.57. The van der Waals surface area contributed by atoms with Gasteiger partial charge in [0, 0.05) is 24.0 Å². The van der Waals surface area contributed by atoms with E-state index in [1.807, 2.05) is 17.5 Å². The van der Waals surface area contributed by atoms with Gasteiger partial charge in [0.05, 0.1) is 11.0 Å². The maximum absolute atomic E-state index is 12.4. The van der Waals surface area contributed by atoms with E-state index >= 15 is 0 Å². The molecule has 2 aromatic heterocycles. The predicted octanol–water partition coefficient (Wildman–Crippen LogP) is 2.05.